The Labute approximate surface area is 115 Å². The zero-order valence-corrected chi connectivity index (χ0v) is 11.9. The lowest BCUT2D eigenvalue weighted by Crippen LogP contribution is -2.42. The number of rotatable bonds is 4. The number of nitrogens with two attached hydrogens (primary N) is 1. The van der Waals surface area contributed by atoms with Gasteiger partial charge in [0.15, 0.2) is 0 Å². The molecule has 2 rings (SSSR count). The van der Waals surface area contributed by atoms with Crippen LogP contribution in [0, 0.1) is 6.92 Å². The summed E-state index contributed by atoms with van der Waals surface area (Å²) in [5, 5.41) is 3.05. The van der Waals surface area contributed by atoms with Crippen molar-refractivity contribution in [2.75, 3.05) is 0 Å². The van der Waals surface area contributed by atoms with Gasteiger partial charge in [-0.25, -0.2) is 0 Å². The maximum absolute atomic E-state index is 12.1. The first kappa shape index (κ1) is 14.1. The van der Waals surface area contributed by atoms with E-state index >= 15 is 0 Å². The van der Waals surface area contributed by atoms with Gasteiger partial charge < -0.3 is 11.1 Å². The van der Waals surface area contributed by atoms with E-state index in [4.69, 9.17) is 5.73 Å². The average Bonchev–Trinajstić information content (AvgIpc) is 2.76. The molecule has 1 amide bonds. The number of hydrogen-bond donors (Lipinski definition) is 2. The maximum Gasteiger partial charge on any atom is 0.222 e. The maximum atomic E-state index is 12.1. The highest BCUT2D eigenvalue weighted by Crippen LogP contribution is 2.30. The fraction of sp³-hybridized carbons (Fsp3) is 0.562. The third kappa shape index (κ3) is 3.80. The molecule has 0 bridgehead atoms. The summed E-state index contributed by atoms with van der Waals surface area (Å²) in [5.74, 6) is 0.0671. The summed E-state index contributed by atoms with van der Waals surface area (Å²) >= 11 is 0. The van der Waals surface area contributed by atoms with Crippen LogP contribution in [0.4, 0.5) is 0 Å². The summed E-state index contributed by atoms with van der Waals surface area (Å²) in [6.07, 6.45) is 4.69. The molecule has 0 aromatic heterocycles. The summed E-state index contributed by atoms with van der Waals surface area (Å²) in [6.45, 7) is 4.08. The number of aryl methyl sites for hydroxylation is 1. The minimum absolute atomic E-state index is 0.0399. The topological polar surface area (TPSA) is 55.1 Å². The Hall–Kier alpha value is -1.35. The Bertz CT molecular complexity index is 433. The van der Waals surface area contributed by atoms with Gasteiger partial charge in [0.05, 0.1) is 6.04 Å². The normalized spacial score (nSPS) is 19.1. The molecule has 1 aliphatic rings. The van der Waals surface area contributed by atoms with E-state index < -0.39 is 0 Å². The minimum Gasteiger partial charge on any atom is -0.350 e. The van der Waals surface area contributed by atoms with Crippen LogP contribution in [-0.4, -0.2) is 11.4 Å². The van der Waals surface area contributed by atoms with Crippen LogP contribution in [0.3, 0.4) is 0 Å². The van der Waals surface area contributed by atoms with Crippen LogP contribution in [0.2, 0.25) is 0 Å². The van der Waals surface area contributed by atoms with E-state index in [0.717, 1.165) is 31.2 Å². The van der Waals surface area contributed by atoms with Crippen molar-refractivity contribution in [3.63, 3.8) is 0 Å². The molecule has 0 spiro atoms. The van der Waals surface area contributed by atoms with Gasteiger partial charge in [0, 0.05) is 12.0 Å². The van der Waals surface area contributed by atoms with Gasteiger partial charge >= 0.3 is 0 Å². The van der Waals surface area contributed by atoms with Crippen molar-refractivity contribution >= 4 is 5.91 Å². The predicted molar refractivity (Wildman–Crippen MR) is 77.7 cm³/mol. The molecule has 3 N–H and O–H groups in total. The number of nitrogens with one attached hydrogen (secondary N) is 1. The summed E-state index contributed by atoms with van der Waals surface area (Å²) in [4.78, 5) is 12.1. The summed E-state index contributed by atoms with van der Waals surface area (Å²) in [5.41, 5.74) is 8.33. The lowest BCUT2D eigenvalue weighted by Gasteiger charge is -2.24. The first-order valence-electron chi connectivity index (χ1n) is 7.13. The molecule has 3 heteroatoms. The minimum atomic E-state index is -0.267. The zero-order valence-electron chi connectivity index (χ0n) is 11.9. The van der Waals surface area contributed by atoms with Crippen molar-refractivity contribution in [1.29, 1.82) is 0 Å². The van der Waals surface area contributed by atoms with Gasteiger partial charge in [-0.1, -0.05) is 42.7 Å². The third-order valence-corrected chi connectivity index (χ3v) is 4.07. The Balaban J connectivity index is 1.89. The van der Waals surface area contributed by atoms with E-state index in [2.05, 4.69) is 36.5 Å². The molecule has 1 aromatic carbocycles. The average molecular weight is 260 g/mol. The van der Waals surface area contributed by atoms with E-state index in [1.165, 1.54) is 5.56 Å². The second-order valence-electron chi connectivity index (χ2n) is 5.95. The number of hydrogen-bond acceptors (Lipinski definition) is 2. The van der Waals surface area contributed by atoms with Crippen LogP contribution in [0.25, 0.3) is 0 Å². The van der Waals surface area contributed by atoms with Crippen LogP contribution in [0.5, 0.6) is 0 Å². The lowest BCUT2D eigenvalue weighted by molar-refractivity contribution is -0.122. The van der Waals surface area contributed by atoms with Crippen molar-refractivity contribution in [2.24, 2.45) is 5.73 Å². The molecule has 1 aliphatic carbocycles. The Morgan fingerprint density at radius 1 is 1.32 bits per heavy atom. The number of carbonyl (C=O) groups excluding carboxylic acids is 1. The van der Waals surface area contributed by atoms with Crippen molar-refractivity contribution in [2.45, 2.75) is 57.5 Å². The number of carbonyl (C=O) groups is 1. The second-order valence-corrected chi connectivity index (χ2v) is 5.95. The third-order valence-electron chi connectivity index (χ3n) is 4.07. The zero-order chi connectivity index (χ0) is 13.9. The molecule has 0 radical (unpaired) electrons. The smallest absolute Gasteiger partial charge is 0.222 e. The largest absolute Gasteiger partial charge is 0.350 e. The first-order chi connectivity index (χ1) is 8.98. The van der Waals surface area contributed by atoms with E-state index in [1.54, 1.807) is 0 Å². The van der Waals surface area contributed by atoms with Crippen LogP contribution < -0.4 is 11.1 Å². The SMILES string of the molecule is Cc1ccc([C@H](C)NC(=O)CC2(N)CCCC2)cc1. The van der Waals surface area contributed by atoms with Crippen molar-refractivity contribution in [3.8, 4) is 0 Å². The quantitative estimate of drug-likeness (QED) is 0.874. The first-order valence-corrected chi connectivity index (χ1v) is 7.13. The van der Waals surface area contributed by atoms with Crippen LogP contribution in [0.1, 0.15) is 56.2 Å². The summed E-state index contributed by atoms with van der Waals surface area (Å²) < 4.78 is 0. The highest BCUT2D eigenvalue weighted by molar-refractivity contribution is 5.77. The Morgan fingerprint density at radius 3 is 2.47 bits per heavy atom. The summed E-state index contributed by atoms with van der Waals surface area (Å²) in [6, 6.07) is 8.30. The molecule has 1 atom stereocenters. The Kier molecular flexibility index (Phi) is 4.25. The van der Waals surface area contributed by atoms with Crippen LogP contribution >= 0.6 is 0 Å². The molecule has 0 heterocycles. The molecule has 1 fully saturated rings. The van der Waals surface area contributed by atoms with Crippen LogP contribution in [0.15, 0.2) is 24.3 Å². The fourth-order valence-corrected chi connectivity index (χ4v) is 2.81. The molecule has 3 nitrogen and oxygen atoms in total. The van der Waals surface area contributed by atoms with Gasteiger partial charge in [0.2, 0.25) is 5.91 Å². The van der Waals surface area contributed by atoms with E-state index in [1.807, 2.05) is 6.92 Å². The van der Waals surface area contributed by atoms with Gasteiger partial charge in [-0.05, 0) is 32.3 Å². The van der Waals surface area contributed by atoms with Gasteiger partial charge in [-0.3, -0.25) is 4.79 Å². The predicted octanol–water partition coefficient (Wildman–Crippen LogP) is 2.83. The second kappa shape index (κ2) is 5.74. The fourth-order valence-electron chi connectivity index (χ4n) is 2.81. The van der Waals surface area contributed by atoms with Gasteiger partial charge in [0.1, 0.15) is 0 Å². The molecular weight excluding hydrogens is 236 g/mol. The highest BCUT2D eigenvalue weighted by atomic mass is 16.1. The number of benzene rings is 1. The monoisotopic (exact) mass is 260 g/mol. The van der Waals surface area contributed by atoms with Gasteiger partial charge in [-0.15, -0.1) is 0 Å². The van der Waals surface area contributed by atoms with Gasteiger partial charge in [-0.2, -0.15) is 0 Å². The molecule has 19 heavy (non-hydrogen) atoms. The van der Waals surface area contributed by atoms with Crippen LogP contribution in [-0.2, 0) is 4.79 Å². The van der Waals surface area contributed by atoms with E-state index in [9.17, 15) is 4.79 Å². The molecule has 0 unspecified atom stereocenters. The van der Waals surface area contributed by atoms with Gasteiger partial charge in [0.25, 0.3) is 0 Å². The molecule has 0 saturated heterocycles. The van der Waals surface area contributed by atoms with Crippen molar-refractivity contribution < 1.29 is 4.79 Å². The van der Waals surface area contributed by atoms with E-state index in [0.29, 0.717) is 6.42 Å². The molecule has 1 aromatic rings. The molecule has 0 aliphatic heterocycles. The standard InChI is InChI=1S/C16H24N2O/c1-12-5-7-14(8-6-12)13(2)18-15(19)11-16(17)9-3-4-10-16/h5-8,13H,3-4,9-11,17H2,1-2H3,(H,18,19)/t13-/m0/s1. The van der Waals surface area contributed by atoms with E-state index in [-0.39, 0.29) is 17.5 Å². The molecule has 104 valence electrons. The summed E-state index contributed by atoms with van der Waals surface area (Å²) in [7, 11) is 0. The highest BCUT2D eigenvalue weighted by Gasteiger charge is 2.31. The number of amides is 1. The molecule has 1 saturated carbocycles. The molecular formula is C16H24N2O. The Morgan fingerprint density at radius 2 is 1.89 bits per heavy atom. The van der Waals surface area contributed by atoms with Crippen molar-refractivity contribution in [1.82, 2.24) is 5.32 Å². The lowest BCUT2D eigenvalue weighted by atomic mass is 9.94. The van der Waals surface area contributed by atoms with Crippen molar-refractivity contribution in [3.05, 3.63) is 35.4 Å².